The third-order valence-corrected chi connectivity index (χ3v) is 3.11. The van der Waals surface area contributed by atoms with Gasteiger partial charge in [0.2, 0.25) is 0 Å². The second-order valence-electron chi connectivity index (χ2n) is 4.21. The van der Waals surface area contributed by atoms with Crippen LogP contribution in [0.15, 0.2) is 42.5 Å². The Kier molecular flexibility index (Phi) is 4.54. The fraction of sp³-hybridized carbons (Fsp3) is 0.133. The minimum absolute atomic E-state index is 0.0128. The van der Waals surface area contributed by atoms with Crippen LogP contribution in [0.4, 0.5) is 14.5 Å². The first-order valence-electron chi connectivity index (χ1n) is 5.90. The van der Waals surface area contributed by atoms with Gasteiger partial charge in [0.1, 0.15) is 0 Å². The Labute approximate surface area is 120 Å². The van der Waals surface area contributed by atoms with Crippen LogP contribution in [0.2, 0.25) is 5.02 Å². The molecule has 0 aliphatic rings. The molecule has 0 spiro atoms. The fourth-order valence-corrected chi connectivity index (χ4v) is 1.95. The van der Waals surface area contributed by atoms with Gasteiger partial charge in [0.05, 0.1) is 22.3 Å². The zero-order chi connectivity index (χ0) is 14.5. The van der Waals surface area contributed by atoms with Gasteiger partial charge in [-0.15, -0.1) is 0 Å². The predicted molar refractivity (Wildman–Crippen MR) is 74.9 cm³/mol. The quantitative estimate of drug-likeness (QED) is 0.882. The molecule has 0 fully saturated rings. The van der Waals surface area contributed by atoms with E-state index in [-0.39, 0.29) is 5.56 Å². The second-order valence-corrected chi connectivity index (χ2v) is 4.61. The second kappa shape index (κ2) is 6.36. The third kappa shape index (κ3) is 3.46. The molecule has 0 unspecified atom stereocenters. The lowest BCUT2D eigenvalue weighted by Gasteiger charge is -2.10. The van der Waals surface area contributed by atoms with Crippen LogP contribution in [0.25, 0.3) is 0 Å². The first-order valence-corrected chi connectivity index (χ1v) is 6.28. The topological polar surface area (TPSA) is 35.8 Å². The van der Waals surface area contributed by atoms with Gasteiger partial charge in [0, 0.05) is 12.1 Å². The number of rotatable bonds is 4. The number of anilines is 1. The zero-order valence-electron chi connectivity index (χ0n) is 10.4. The average Bonchev–Trinajstić information content (AvgIpc) is 2.46. The number of nitrogens with one attached hydrogen (secondary N) is 1. The van der Waals surface area contributed by atoms with E-state index in [9.17, 15) is 8.78 Å². The summed E-state index contributed by atoms with van der Waals surface area (Å²) < 4.78 is 25.2. The summed E-state index contributed by atoms with van der Waals surface area (Å²) in [5, 5.41) is 12.4. The van der Waals surface area contributed by atoms with Crippen LogP contribution in [0.1, 0.15) is 23.1 Å². The maximum atomic E-state index is 12.6. The highest BCUT2D eigenvalue weighted by atomic mass is 35.5. The molecule has 5 heteroatoms. The summed E-state index contributed by atoms with van der Waals surface area (Å²) >= 11 is 6.01. The molecular formula is C15H11ClF2N2. The number of benzene rings is 2. The van der Waals surface area contributed by atoms with Gasteiger partial charge >= 0.3 is 0 Å². The molecule has 0 aromatic heterocycles. The maximum Gasteiger partial charge on any atom is 0.263 e. The lowest BCUT2D eigenvalue weighted by Crippen LogP contribution is -2.01. The summed E-state index contributed by atoms with van der Waals surface area (Å²) in [6.45, 7) is 0.356. The highest BCUT2D eigenvalue weighted by Gasteiger charge is 2.07. The van der Waals surface area contributed by atoms with Crippen molar-refractivity contribution in [3.8, 4) is 6.07 Å². The summed E-state index contributed by atoms with van der Waals surface area (Å²) in [6.07, 6.45) is -2.49. The summed E-state index contributed by atoms with van der Waals surface area (Å²) in [7, 11) is 0. The van der Waals surface area contributed by atoms with Crippen LogP contribution < -0.4 is 5.32 Å². The summed E-state index contributed by atoms with van der Waals surface area (Å²) in [4.78, 5) is 0. The summed E-state index contributed by atoms with van der Waals surface area (Å²) in [5.74, 6) is 0. The van der Waals surface area contributed by atoms with E-state index < -0.39 is 6.43 Å². The number of nitriles is 1. The minimum atomic E-state index is -2.49. The molecule has 2 rings (SSSR count). The highest BCUT2D eigenvalue weighted by molar-refractivity contribution is 6.33. The van der Waals surface area contributed by atoms with Crippen LogP contribution in [0.5, 0.6) is 0 Å². The third-order valence-electron chi connectivity index (χ3n) is 2.78. The molecule has 20 heavy (non-hydrogen) atoms. The van der Waals surface area contributed by atoms with Crippen molar-refractivity contribution in [3.05, 3.63) is 64.2 Å². The molecule has 0 amide bonds. The van der Waals surface area contributed by atoms with Crippen LogP contribution >= 0.6 is 11.6 Å². The Balaban J connectivity index is 2.13. The molecule has 2 aromatic rings. The van der Waals surface area contributed by atoms with Gasteiger partial charge in [0.15, 0.2) is 0 Å². The smallest absolute Gasteiger partial charge is 0.263 e. The molecule has 102 valence electrons. The molecule has 0 radical (unpaired) electrons. The SMILES string of the molecule is N#Cc1ccc(Cl)c(NCc2cccc(C(F)F)c2)c1. The lowest BCUT2D eigenvalue weighted by molar-refractivity contribution is 0.151. The standard InChI is InChI=1S/C15H11ClF2N2/c16-13-5-4-10(8-19)7-14(13)20-9-11-2-1-3-12(6-11)15(17)18/h1-7,15,20H,9H2. The van der Waals surface area contributed by atoms with Gasteiger partial charge in [-0.05, 0) is 29.8 Å². The van der Waals surface area contributed by atoms with Crippen molar-refractivity contribution >= 4 is 17.3 Å². The van der Waals surface area contributed by atoms with Crippen molar-refractivity contribution in [1.29, 1.82) is 5.26 Å². The monoisotopic (exact) mass is 292 g/mol. The number of halogens is 3. The number of nitrogens with zero attached hydrogens (tertiary/aromatic N) is 1. The van der Waals surface area contributed by atoms with Crippen molar-refractivity contribution in [2.45, 2.75) is 13.0 Å². The van der Waals surface area contributed by atoms with E-state index in [1.165, 1.54) is 12.1 Å². The van der Waals surface area contributed by atoms with Crippen molar-refractivity contribution in [2.24, 2.45) is 0 Å². The van der Waals surface area contributed by atoms with Crippen molar-refractivity contribution in [1.82, 2.24) is 0 Å². The van der Waals surface area contributed by atoms with Gasteiger partial charge in [-0.1, -0.05) is 29.8 Å². The molecule has 0 aliphatic heterocycles. The van der Waals surface area contributed by atoms with E-state index in [1.807, 2.05) is 6.07 Å². The number of hydrogen-bond acceptors (Lipinski definition) is 2. The van der Waals surface area contributed by atoms with E-state index in [2.05, 4.69) is 5.32 Å². The minimum Gasteiger partial charge on any atom is -0.380 e. The molecule has 0 atom stereocenters. The molecule has 0 bridgehead atoms. The number of alkyl halides is 2. The van der Waals surface area contributed by atoms with Crippen molar-refractivity contribution < 1.29 is 8.78 Å². The van der Waals surface area contributed by atoms with E-state index in [0.717, 1.165) is 5.56 Å². The highest BCUT2D eigenvalue weighted by Crippen LogP contribution is 2.24. The average molecular weight is 293 g/mol. The van der Waals surface area contributed by atoms with Crippen molar-refractivity contribution in [2.75, 3.05) is 5.32 Å². The molecule has 2 nitrogen and oxygen atoms in total. The fourth-order valence-electron chi connectivity index (χ4n) is 1.77. The summed E-state index contributed by atoms with van der Waals surface area (Å²) in [5.41, 5.74) is 1.80. The number of hydrogen-bond donors (Lipinski definition) is 1. The first kappa shape index (κ1) is 14.3. The van der Waals surface area contributed by atoms with Gasteiger partial charge in [0.25, 0.3) is 6.43 Å². The Hall–Kier alpha value is -2.12. The van der Waals surface area contributed by atoms with Crippen LogP contribution in [-0.2, 0) is 6.54 Å². The zero-order valence-corrected chi connectivity index (χ0v) is 11.2. The van der Waals surface area contributed by atoms with E-state index in [0.29, 0.717) is 22.8 Å². The molecule has 1 N–H and O–H groups in total. The lowest BCUT2D eigenvalue weighted by atomic mass is 10.1. The molecule has 0 aliphatic carbocycles. The Bertz CT molecular complexity index is 651. The van der Waals surface area contributed by atoms with E-state index >= 15 is 0 Å². The van der Waals surface area contributed by atoms with Gasteiger partial charge in [-0.25, -0.2) is 8.78 Å². The Morgan fingerprint density at radius 2 is 2.00 bits per heavy atom. The van der Waals surface area contributed by atoms with E-state index in [4.69, 9.17) is 16.9 Å². The Morgan fingerprint density at radius 3 is 2.70 bits per heavy atom. The molecular weight excluding hydrogens is 282 g/mol. The molecule has 0 heterocycles. The largest absolute Gasteiger partial charge is 0.380 e. The molecule has 0 saturated heterocycles. The van der Waals surface area contributed by atoms with Crippen LogP contribution in [-0.4, -0.2) is 0 Å². The van der Waals surface area contributed by atoms with Gasteiger partial charge in [-0.3, -0.25) is 0 Å². The molecule has 0 saturated carbocycles. The van der Waals surface area contributed by atoms with Gasteiger partial charge in [-0.2, -0.15) is 5.26 Å². The van der Waals surface area contributed by atoms with Gasteiger partial charge < -0.3 is 5.32 Å². The maximum absolute atomic E-state index is 12.6. The summed E-state index contributed by atoms with van der Waals surface area (Å²) in [6, 6.07) is 13.1. The van der Waals surface area contributed by atoms with E-state index in [1.54, 1.807) is 30.3 Å². The normalized spacial score (nSPS) is 10.3. The molecule has 2 aromatic carbocycles. The van der Waals surface area contributed by atoms with Crippen LogP contribution in [0, 0.1) is 11.3 Å². The predicted octanol–water partition coefficient (Wildman–Crippen LogP) is 4.76. The van der Waals surface area contributed by atoms with Crippen LogP contribution in [0.3, 0.4) is 0 Å². The Morgan fingerprint density at radius 1 is 1.20 bits per heavy atom. The first-order chi connectivity index (χ1) is 9.60. The van der Waals surface area contributed by atoms with Crippen molar-refractivity contribution in [3.63, 3.8) is 0 Å².